The summed E-state index contributed by atoms with van der Waals surface area (Å²) in [5, 5.41) is 16.8. The fourth-order valence-corrected chi connectivity index (χ4v) is 1.16. The molecule has 3 heteroatoms. The third-order valence-electron chi connectivity index (χ3n) is 2.27. The summed E-state index contributed by atoms with van der Waals surface area (Å²) < 4.78 is 0. The summed E-state index contributed by atoms with van der Waals surface area (Å²) in [4.78, 5) is 10.2. The van der Waals surface area contributed by atoms with Crippen LogP contribution in [0.15, 0.2) is 30.3 Å². The molecule has 3 nitrogen and oxygen atoms in total. The van der Waals surface area contributed by atoms with Crippen LogP contribution in [0.4, 0.5) is 0 Å². The SMILES string of the molecule is O=C(O)Cc1ccccc1.OC1CCC1. The van der Waals surface area contributed by atoms with Crippen LogP contribution in [0.1, 0.15) is 24.8 Å². The van der Waals surface area contributed by atoms with Crippen LogP contribution in [-0.4, -0.2) is 22.3 Å². The molecule has 0 aromatic heterocycles. The monoisotopic (exact) mass is 208 g/mol. The van der Waals surface area contributed by atoms with Crippen LogP contribution in [0.3, 0.4) is 0 Å². The number of carbonyl (C=O) groups is 1. The van der Waals surface area contributed by atoms with Gasteiger partial charge >= 0.3 is 5.97 Å². The van der Waals surface area contributed by atoms with E-state index in [4.69, 9.17) is 10.2 Å². The minimum Gasteiger partial charge on any atom is -0.481 e. The van der Waals surface area contributed by atoms with E-state index in [1.165, 1.54) is 6.42 Å². The van der Waals surface area contributed by atoms with Crippen molar-refractivity contribution in [2.45, 2.75) is 31.8 Å². The van der Waals surface area contributed by atoms with E-state index in [9.17, 15) is 4.79 Å². The lowest BCUT2D eigenvalue weighted by Crippen LogP contribution is -2.15. The Labute approximate surface area is 89.4 Å². The Bertz CT molecular complexity index is 291. The zero-order valence-electron chi connectivity index (χ0n) is 8.60. The lowest BCUT2D eigenvalue weighted by Gasteiger charge is -2.17. The zero-order valence-corrected chi connectivity index (χ0v) is 8.60. The molecule has 0 radical (unpaired) electrons. The van der Waals surface area contributed by atoms with Gasteiger partial charge in [0.15, 0.2) is 0 Å². The van der Waals surface area contributed by atoms with Crippen molar-refractivity contribution in [1.82, 2.24) is 0 Å². The number of carboxylic acids is 1. The predicted octanol–water partition coefficient (Wildman–Crippen LogP) is 1.84. The highest BCUT2D eigenvalue weighted by molar-refractivity contribution is 5.70. The first kappa shape index (κ1) is 11.7. The van der Waals surface area contributed by atoms with Crippen molar-refractivity contribution < 1.29 is 15.0 Å². The summed E-state index contributed by atoms with van der Waals surface area (Å²) >= 11 is 0. The van der Waals surface area contributed by atoms with Crippen LogP contribution >= 0.6 is 0 Å². The molecule has 0 aliphatic heterocycles. The minimum atomic E-state index is -0.786. The Morgan fingerprint density at radius 1 is 1.27 bits per heavy atom. The van der Waals surface area contributed by atoms with Crippen molar-refractivity contribution in [3.8, 4) is 0 Å². The van der Waals surface area contributed by atoms with Crippen molar-refractivity contribution in [2.24, 2.45) is 0 Å². The minimum absolute atomic E-state index is 0.0648. The molecule has 15 heavy (non-hydrogen) atoms. The summed E-state index contributed by atoms with van der Waals surface area (Å²) in [7, 11) is 0. The summed E-state index contributed by atoms with van der Waals surface area (Å²) in [6.45, 7) is 0. The molecule has 2 rings (SSSR count). The second-order valence-corrected chi connectivity index (χ2v) is 3.64. The van der Waals surface area contributed by atoms with E-state index in [0.29, 0.717) is 0 Å². The van der Waals surface area contributed by atoms with Crippen molar-refractivity contribution in [3.63, 3.8) is 0 Å². The van der Waals surface area contributed by atoms with Gasteiger partial charge in [-0.15, -0.1) is 0 Å². The Morgan fingerprint density at radius 2 is 1.80 bits per heavy atom. The van der Waals surface area contributed by atoms with Crippen molar-refractivity contribution in [3.05, 3.63) is 35.9 Å². The molecule has 0 amide bonds. The van der Waals surface area contributed by atoms with E-state index in [0.717, 1.165) is 18.4 Å². The van der Waals surface area contributed by atoms with Crippen LogP contribution in [0, 0.1) is 0 Å². The van der Waals surface area contributed by atoms with E-state index in [-0.39, 0.29) is 12.5 Å². The molecule has 0 saturated heterocycles. The maximum absolute atomic E-state index is 10.2. The van der Waals surface area contributed by atoms with Crippen LogP contribution < -0.4 is 0 Å². The number of rotatable bonds is 2. The summed E-state index contributed by atoms with van der Waals surface area (Å²) in [5.41, 5.74) is 0.843. The average Bonchev–Trinajstić information content (AvgIpc) is 2.16. The highest BCUT2D eigenvalue weighted by atomic mass is 16.4. The van der Waals surface area contributed by atoms with Gasteiger partial charge in [-0.05, 0) is 24.8 Å². The van der Waals surface area contributed by atoms with Gasteiger partial charge < -0.3 is 10.2 Å². The molecule has 0 atom stereocenters. The van der Waals surface area contributed by atoms with Crippen LogP contribution in [-0.2, 0) is 11.2 Å². The molecular weight excluding hydrogens is 192 g/mol. The number of aliphatic hydroxyl groups is 1. The number of carboxylic acid groups (broad SMARTS) is 1. The molecule has 0 spiro atoms. The van der Waals surface area contributed by atoms with Gasteiger partial charge in [0.1, 0.15) is 0 Å². The molecule has 0 heterocycles. The van der Waals surface area contributed by atoms with Gasteiger partial charge in [-0.1, -0.05) is 30.3 Å². The van der Waals surface area contributed by atoms with Gasteiger partial charge in [-0.2, -0.15) is 0 Å². The fourth-order valence-electron chi connectivity index (χ4n) is 1.16. The smallest absolute Gasteiger partial charge is 0.307 e. The summed E-state index contributed by atoms with van der Waals surface area (Å²) in [6.07, 6.45) is 3.50. The highest BCUT2D eigenvalue weighted by Gasteiger charge is 2.11. The molecule has 2 N–H and O–H groups in total. The average molecular weight is 208 g/mol. The lowest BCUT2D eigenvalue weighted by molar-refractivity contribution is -0.136. The molecule has 1 aliphatic rings. The first-order valence-corrected chi connectivity index (χ1v) is 5.12. The Morgan fingerprint density at radius 3 is 2.13 bits per heavy atom. The molecule has 1 saturated carbocycles. The van der Waals surface area contributed by atoms with Gasteiger partial charge in [0.25, 0.3) is 0 Å². The number of hydrogen-bond acceptors (Lipinski definition) is 2. The van der Waals surface area contributed by atoms with Gasteiger partial charge in [-0.3, -0.25) is 4.79 Å². The van der Waals surface area contributed by atoms with E-state index < -0.39 is 5.97 Å². The number of aliphatic hydroxyl groups excluding tert-OH is 1. The van der Waals surface area contributed by atoms with Gasteiger partial charge in [-0.25, -0.2) is 0 Å². The molecule has 0 unspecified atom stereocenters. The first-order valence-electron chi connectivity index (χ1n) is 5.12. The van der Waals surface area contributed by atoms with Crippen LogP contribution in [0.25, 0.3) is 0 Å². The molecule has 1 fully saturated rings. The Hall–Kier alpha value is -1.35. The van der Waals surface area contributed by atoms with Gasteiger partial charge in [0.2, 0.25) is 0 Å². The van der Waals surface area contributed by atoms with Crippen molar-refractivity contribution in [1.29, 1.82) is 0 Å². The predicted molar refractivity (Wildman–Crippen MR) is 57.6 cm³/mol. The molecule has 0 bridgehead atoms. The molecular formula is C12H16O3. The molecule has 1 aromatic carbocycles. The lowest BCUT2D eigenvalue weighted by atomic mass is 9.97. The first-order chi connectivity index (χ1) is 7.18. The highest BCUT2D eigenvalue weighted by Crippen LogP contribution is 2.16. The molecule has 82 valence electrons. The Kier molecular flexibility index (Phi) is 4.84. The summed E-state index contributed by atoms with van der Waals surface area (Å²) in [5.74, 6) is -0.786. The number of hydrogen-bond donors (Lipinski definition) is 2. The van der Waals surface area contributed by atoms with Crippen LogP contribution in [0.2, 0.25) is 0 Å². The van der Waals surface area contributed by atoms with Gasteiger partial charge in [0.05, 0.1) is 12.5 Å². The third-order valence-corrected chi connectivity index (χ3v) is 2.27. The van der Waals surface area contributed by atoms with Gasteiger partial charge in [0, 0.05) is 0 Å². The van der Waals surface area contributed by atoms with E-state index >= 15 is 0 Å². The maximum Gasteiger partial charge on any atom is 0.307 e. The normalized spacial score (nSPS) is 14.7. The zero-order chi connectivity index (χ0) is 11.1. The number of aliphatic carboxylic acids is 1. The second kappa shape index (κ2) is 6.19. The van der Waals surface area contributed by atoms with Crippen molar-refractivity contribution in [2.75, 3.05) is 0 Å². The Balaban J connectivity index is 0.000000187. The van der Waals surface area contributed by atoms with E-state index in [1.807, 2.05) is 18.2 Å². The van der Waals surface area contributed by atoms with E-state index in [1.54, 1.807) is 12.1 Å². The third kappa shape index (κ3) is 5.18. The summed E-state index contributed by atoms with van der Waals surface area (Å²) in [6, 6.07) is 9.13. The maximum atomic E-state index is 10.2. The fraction of sp³-hybridized carbons (Fsp3) is 0.417. The number of benzene rings is 1. The molecule has 1 aliphatic carbocycles. The van der Waals surface area contributed by atoms with Crippen molar-refractivity contribution >= 4 is 5.97 Å². The largest absolute Gasteiger partial charge is 0.481 e. The molecule has 1 aromatic rings. The van der Waals surface area contributed by atoms with Crippen LogP contribution in [0.5, 0.6) is 0 Å². The standard InChI is InChI=1S/C8H8O2.C4H8O/c9-8(10)6-7-4-2-1-3-5-7;5-4-2-1-3-4/h1-5H,6H2,(H,9,10);4-5H,1-3H2. The topological polar surface area (TPSA) is 57.5 Å². The quantitative estimate of drug-likeness (QED) is 0.779. The van der Waals surface area contributed by atoms with E-state index in [2.05, 4.69) is 0 Å². The second-order valence-electron chi connectivity index (χ2n) is 3.64.